The summed E-state index contributed by atoms with van der Waals surface area (Å²) in [4.78, 5) is 0. The van der Waals surface area contributed by atoms with Crippen molar-refractivity contribution < 1.29 is 9.47 Å². The van der Waals surface area contributed by atoms with E-state index in [0.717, 1.165) is 37.9 Å². The van der Waals surface area contributed by atoms with Crippen LogP contribution in [-0.4, -0.2) is 34.0 Å². The quantitative estimate of drug-likeness (QED) is 0.693. The van der Waals surface area contributed by atoms with E-state index in [4.69, 9.17) is 9.47 Å². The number of rotatable bonds is 4. The van der Waals surface area contributed by atoms with Gasteiger partial charge in [-0.1, -0.05) is 65.9 Å². The van der Waals surface area contributed by atoms with E-state index in [1.807, 2.05) is 10.7 Å². The van der Waals surface area contributed by atoms with Crippen molar-refractivity contribution in [3.05, 3.63) is 83.7 Å². The minimum absolute atomic E-state index is 0.142. The Bertz CT molecular complexity index is 907. The Balaban J connectivity index is 1.46. The second-order valence-corrected chi connectivity index (χ2v) is 7.84. The van der Waals surface area contributed by atoms with E-state index in [0.29, 0.717) is 13.2 Å². The van der Waals surface area contributed by atoms with Gasteiger partial charge in [0.05, 0.1) is 25.5 Å². The molecule has 0 radical (unpaired) electrons. The number of hydrogen-bond donors (Lipinski definition) is 0. The molecule has 144 valence electrons. The summed E-state index contributed by atoms with van der Waals surface area (Å²) in [5, 5.41) is 9.08. The van der Waals surface area contributed by atoms with Gasteiger partial charge in [0.1, 0.15) is 0 Å². The second kappa shape index (κ2) is 7.15. The molecule has 0 amide bonds. The maximum atomic E-state index is 5.97. The van der Waals surface area contributed by atoms with Crippen LogP contribution in [0.1, 0.15) is 42.5 Å². The Morgan fingerprint density at radius 1 is 0.821 bits per heavy atom. The van der Waals surface area contributed by atoms with Gasteiger partial charge in [-0.2, -0.15) is 0 Å². The van der Waals surface area contributed by atoms with Crippen LogP contribution in [0, 0.1) is 0 Å². The number of nitrogens with zero attached hydrogens (tertiary/aromatic N) is 3. The molecule has 1 saturated heterocycles. The van der Waals surface area contributed by atoms with Gasteiger partial charge in [-0.3, -0.25) is 0 Å². The van der Waals surface area contributed by atoms with Crippen molar-refractivity contribution >= 4 is 0 Å². The largest absolute Gasteiger partial charge is 0.348 e. The molecule has 2 aromatic carbocycles. The molecule has 1 saturated carbocycles. The SMILES string of the molecule is c1ccc(Cn2cc(C3(c4ccccc4)CCC4(CC3)OCCO4)nn2)cc1. The van der Waals surface area contributed by atoms with Gasteiger partial charge in [0, 0.05) is 24.5 Å². The molecule has 3 aromatic rings. The third-order valence-electron chi connectivity index (χ3n) is 6.22. The molecular weight excluding hydrogens is 350 g/mol. The molecule has 5 nitrogen and oxygen atoms in total. The van der Waals surface area contributed by atoms with E-state index in [1.165, 1.54) is 11.1 Å². The Hall–Kier alpha value is -2.50. The number of benzene rings is 2. The smallest absolute Gasteiger partial charge is 0.168 e. The third kappa shape index (κ3) is 3.15. The van der Waals surface area contributed by atoms with Gasteiger partial charge in [0.2, 0.25) is 0 Å². The number of aromatic nitrogens is 3. The van der Waals surface area contributed by atoms with Crippen LogP contribution in [0.5, 0.6) is 0 Å². The summed E-state index contributed by atoms with van der Waals surface area (Å²) in [6, 6.07) is 21.1. The molecule has 5 heteroatoms. The molecular formula is C23H25N3O2. The molecule has 0 unspecified atom stereocenters. The zero-order valence-corrected chi connectivity index (χ0v) is 16.0. The average molecular weight is 375 g/mol. The van der Waals surface area contributed by atoms with Crippen LogP contribution in [0.25, 0.3) is 0 Å². The van der Waals surface area contributed by atoms with Crippen LogP contribution in [0.3, 0.4) is 0 Å². The van der Waals surface area contributed by atoms with Gasteiger partial charge < -0.3 is 9.47 Å². The molecule has 5 rings (SSSR count). The van der Waals surface area contributed by atoms with Crippen molar-refractivity contribution in [2.45, 2.75) is 43.4 Å². The lowest BCUT2D eigenvalue weighted by molar-refractivity contribution is -0.183. The second-order valence-electron chi connectivity index (χ2n) is 7.84. The molecule has 1 aliphatic heterocycles. The lowest BCUT2D eigenvalue weighted by Gasteiger charge is -2.43. The minimum atomic E-state index is -0.391. The highest BCUT2D eigenvalue weighted by atomic mass is 16.7. The fourth-order valence-electron chi connectivity index (χ4n) is 4.66. The lowest BCUT2D eigenvalue weighted by Crippen LogP contribution is -2.43. The van der Waals surface area contributed by atoms with E-state index < -0.39 is 5.79 Å². The molecule has 2 fully saturated rings. The van der Waals surface area contributed by atoms with E-state index in [1.54, 1.807) is 0 Å². The fraction of sp³-hybridized carbons (Fsp3) is 0.391. The Kier molecular flexibility index (Phi) is 4.49. The maximum Gasteiger partial charge on any atom is 0.168 e. The molecule has 1 spiro atoms. The summed E-state index contributed by atoms with van der Waals surface area (Å²) < 4.78 is 13.9. The van der Waals surface area contributed by atoms with Gasteiger partial charge in [-0.15, -0.1) is 5.10 Å². The molecule has 1 aromatic heterocycles. The zero-order valence-electron chi connectivity index (χ0n) is 16.0. The maximum absolute atomic E-state index is 5.97. The molecule has 2 aliphatic rings. The highest BCUT2D eigenvalue weighted by molar-refractivity contribution is 5.35. The van der Waals surface area contributed by atoms with Crippen molar-refractivity contribution in [1.29, 1.82) is 0 Å². The first-order valence-electron chi connectivity index (χ1n) is 10.1. The van der Waals surface area contributed by atoms with Crippen LogP contribution in [0.4, 0.5) is 0 Å². The van der Waals surface area contributed by atoms with E-state index in [2.05, 4.69) is 71.1 Å². The molecule has 0 bridgehead atoms. The van der Waals surface area contributed by atoms with Crippen LogP contribution in [0.2, 0.25) is 0 Å². The number of ether oxygens (including phenoxy) is 2. The highest BCUT2D eigenvalue weighted by Gasteiger charge is 2.49. The van der Waals surface area contributed by atoms with Crippen LogP contribution in [-0.2, 0) is 21.4 Å². The van der Waals surface area contributed by atoms with Crippen molar-refractivity contribution in [1.82, 2.24) is 15.0 Å². The Labute approximate surface area is 165 Å². The van der Waals surface area contributed by atoms with Gasteiger partial charge in [-0.25, -0.2) is 4.68 Å². The topological polar surface area (TPSA) is 49.2 Å². The van der Waals surface area contributed by atoms with E-state index in [-0.39, 0.29) is 5.41 Å². The first-order chi connectivity index (χ1) is 13.8. The number of hydrogen-bond acceptors (Lipinski definition) is 4. The predicted octanol–water partition coefficient (Wildman–Crippen LogP) is 3.93. The summed E-state index contributed by atoms with van der Waals surface area (Å²) in [6.07, 6.45) is 5.78. The van der Waals surface area contributed by atoms with Crippen molar-refractivity contribution in [2.24, 2.45) is 0 Å². The van der Waals surface area contributed by atoms with Gasteiger partial charge >= 0.3 is 0 Å². The summed E-state index contributed by atoms with van der Waals surface area (Å²) in [5.41, 5.74) is 3.43. The lowest BCUT2D eigenvalue weighted by atomic mass is 9.66. The molecule has 0 N–H and O–H groups in total. The Morgan fingerprint density at radius 3 is 2.14 bits per heavy atom. The van der Waals surface area contributed by atoms with Crippen LogP contribution < -0.4 is 0 Å². The first-order valence-corrected chi connectivity index (χ1v) is 10.1. The van der Waals surface area contributed by atoms with Crippen LogP contribution in [0.15, 0.2) is 66.9 Å². The minimum Gasteiger partial charge on any atom is -0.348 e. The summed E-state index contributed by atoms with van der Waals surface area (Å²) in [7, 11) is 0. The molecule has 28 heavy (non-hydrogen) atoms. The molecule has 1 aliphatic carbocycles. The summed E-state index contributed by atoms with van der Waals surface area (Å²) in [5.74, 6) is -0.391. The van der Waals surface area contributed by atoms with Gasteiger partial charge in [0.25, 0.3) is 0 Å². The zero-order chi connectivity index (χ0) is 18.9. The van der Waals surface area contributed by atoms with Crippen molar-refractivity contribution in [2.75, 3.05) is 13.2 Å². The summed E-state index contributed by atoms with van der Waals surface area (Å²) in [6.45, 7) is 2.13. The average Bonchev–Trinajstić information content (AvgIpc) is 3.41. The van der Waals surface area contributed by atoms with Crippen molar-refractivity contribution in [3.8, 4) is 0 Å². The molecule has 0 atom stereocenters. The monoisotopic (exact) mass is 375 g/mol. The standard InChI is InChI=1S/C23H25N3O2/c1-3-7-19(8-4-1)17-26-18-21(24-25-26)22(20-9-5-2-6-10-20)11-13-23(14-12-22)27-15-16-28-23/h1-10,18H,11-17H2. The predicted molar refractivity (Wildman–Crippen MR) is 106 cm³/mol. The fourth-order valence-corrected chi connectivity index (χ4v) is 4.66. The summed E-state index contributed by atoms with van der Waals surface area (Å²) >= 11 is 0. The Morgan fingerprint density at radius 2 is 1.46 bits per heavy atom. The van der Waals surface area contributed by atoms with E-state index >= 15 is 0 Å². The highest BCUT2D eigenvalue weighted by Crippen LogP contribution is 2.49. The third-order valence-corrected chi connectivity index (χ3v) is 6.22. The van der Waals surface area contributed by atoms with Gasteiger partial charge in [-0.05, 0) is 24.0 Å². The normalized spacial score (nSPS) is 20.4. The van der Waals surface area contributed by atoms with Gasteiger partial charge in [0.15, 0.2) is 5.79 Å². The van der Waals surface area contributed by atoms with E-state index in [9.17, 15) is 0 Å². The molecule has 2 heterocycles. The van der Waals surface area contributed by atoms with Crippen LogP contribution >= 0.6 is 0 Å². The first kappa shape index (κ1) is 17.6. The van der Waals surface area contributed by atoms with Crippen molar-refractivity contribution in [3.63, 3.8) is 0 Å².